The molecule has 1 rings (SSSR count). The van der Waals surface area contributed by atoms with Gasteiger partial charge in [-0.2, -0.15) is 0 Å². The Hall–Kier alpha value is -1.29. The van der Waals surface area contributed by atoms with Gasteiger partial charge in [0, 0.05) is 24.0 Å². The first-order valence-electron chi connectivity index (χ1n) is 4.45. The van der Waals surface area contributed by atoms with Crippen molar-refractivity contribution in [1.29, 1.82) is 0 Å². The molecule has 0 aliphatic carbocycles. The van der Waals surface area contributed by atoms with Gasteiger partial charge in [0.1, 0.15) is 5.82 Å². The number of rotatable bonds is 4. The van der Waals surface area contributed by atoms with Crippen molar-refractivity contribution in [2.75, 3.05) is 10.7 Å². The summed E-state index contributed by atoms with van der Waals surface area (Å²) in [5, 5.41) is 3.33. The average molecular weight is 180 g/mol. The maximum Gasteiger partial charge on any atom is 0.141 e. The molecule has 0 saturated carbocycles. The third-order valence-corrected chi connectivity index (χ3v) is 1.93. The first-order valence-corrected chi connectivity index (χ1v) is 4.45. The molecule has 0 spiro atoms. The lowest BCUT2D eigenvalue weighted by atomic mass is 10.2. The zero-order valence-corrected chi connectivity index (χ0v) is 8.04. The van der Waals surface area contributed by atoms with Crippen LogP contribution in [-0.4, -0.2) is 11.0 Å². The van der Waals surface area contributed by atoms with Crippen molar-refractivity contribution in [3.05, 3.63) is 18.3 Å². The molecule has 0 radical (unpaired) electrons. The Labute approximate surface area is 78.5 Å². The van der Waals surface area contributed by atoms with Crippen LogP contribution in [0.3, 0.4) is 0 Å². The van der Waals surface area contributed by atoms with Gasteiger partial charge in [0.15, 0.2) is 0 Å². The molecule has 1 aromatic heterocycles. The molecule has 13 heavy (non-hydrogen) atoms. The summed E-state index contributed by atoms with van der Waals surface area (Å²) >= 11 is 0. The molecule has 4 nitrogen and oxygen atoms in total. The Kier molecular flexibility index (Phi) is 3.52. The number of nitrogens with zero attached hydrogens (tertiary/aromatic N) is 1. The highest BCUT2D eigenvalue weighted by molar-refractivity contribution is 5.51. The number of nitrogens with two attached hydrogens (primary N) is 1. The molecule has 1 atom stereocenters. The lowest BCUT2D eigenvalue weighted by Gasteiger charge is -2.13. The highest BCUT2D eigenvalue weighted by Gasteiger charge is 1.99. The van der Waals surface area contributed by atoms with Gasteiger partial charge in [-0.15, -0.1) is 0 Å². The molecule has 0 aliphatic rings. The molecule has 4 N–H and O–H groups in total. The second-order valence-corrected chi connectivity index (χ2v) is 3.03. The minimum absolute atomic E-state index is 0.466. The fraction of sp³-hybridized carbons (Fsp3) is 0.444. The van der Waals surface area contributed by atoms with E-state index in [0.29, 0.717) is 11.9 Å². The van der Waals surface area contributed by atoms with Gasteiger partial charge in [-0.05, 0) is 19.4 Å². The average Bonchev–Trinajstić information content (AvgIpc) is 2.18. The van der Waals surface area contributed by atoms with E-state index in [1.807, 2.05) is 12.1 Å². The van der Waals surface area contributed by atoms with E-state index in [4.69, 9.17) is 5.84 Å². The van der Waals surface area contributed by atoms with Gasteiger partial charge in [0.05, 0.1) is 0 Å². The van der Waals surface area contributed by atoms with E-state index in [1.165, 1.54) is 0 Å². The van der Waals surface area contributed by atoms with Crippen LogP contribution in [-0.2, 0) is 0 Å². The van der Waals surface area contributed by atoms with Crippen LogP contribution in [0.1, 0.15) is 20.3 Å². The standard InChI is InChI=1S/C9H16N4/c1-3-7(2)12-8-4-5-11-9(6-8)13-10/h4-7H,3,10H2,1-2H3,(H2,11,12,13). The quantitative estimate of drug-likeness (QED) is 0.486. The normalized spacial score (nSPS) is 12.2. The Morgan fingerprint density at radius 1 is 1.62 bits per heavy atom. The zero-order chi connectivity index (χ0) is 9.68. The largest absolute Gasteiger partial charge is 0.382 e. The van der Waals surface area contributed by atoms with Crippen molar-refractivity contribution < 1.29 is 0 Å². The molecule has 1 aromatic rings. The van der Waals surface area contributed by atoms with Crippen molar-refractivity contribution >= 4 is 11.5 Å². The number of hydrogen-bond donors (Lipinski definition) is 3. The third kappa shape index (κ3) is 2.91. The van der Waals surface area contributed by atoms with Gasteiger partial charge in [-0.3, -0.25) is 0 Å². The lowest BCUT2D eigenvalue weighted by molar-refractivity contribution is 0.764. The summed E-state index contributed by atoms with van der Waals surface area (Å²) in [7, 11) is 0. The summed E-state index contributed by atoms with van der Waals surface area (Å²) in [6.07, 6.45) is 2.81. The topological polar surface area (TPSA) is 63.0 Å². The summed E-state index contributed by atoms with van der Waals surface area (Å²) in [5.74, 6) is 5.92. The highest BCUT2D eigenvalue weighted by atomic mass is 15.2. The van der Waals surface area contributed by atoms with Crippen LogP contribution in [0.15, 0.2) is 18.3 Å². The molecule has 0 fully saturated rings. The molecular weight excluding hydrogens is 164 g/mol. The van der Waals surface area contributed by atoms with E-state index < -0.39 is 0 Å². The van der Waals surface area contributed by atoms with E-state index in [0.717, 1.165) is 12.1 Å². The van der Waals surface area contributed by atoms with Crippen LogP contribution in [0.25, 0.3) is 0 Å². The van der Waals surface area contributed by atoms with E-state index >= 15 is 0 Å². The van der Waals surface area contributed by atoms with Crippen molar-refractivity contribution in [2.45, 2.75) is 26.3 Å². The molecule has 72 valence electrons. The van der Waals surface area contributed by atoms with Crippen LogP contribution < -0.4 is 16.6 Å². The Balaban J connectivity index is 2.66. The maximum absolute atomic E-state index is 5.24. The molecule has 4 heteroatoms. The van der Waals surface area contributed by atoms with Crippen LogP contribution >= 0.6 is 0 Å². The molecule has 0 amide bonds. The summed E-state index contributed by atoms with van der Waals surface area (Å²) in [5.41, 5.74) is 3.55. The first kappa shape index (κ1) is 9.80. The molecule has 0 bridgehead atoms. The number of anilines is 2. The number of nitrogen functional groups attached to an aromatic ring is 1. The number of nitrogens with one attached hydrogen (secondary N) is 2. The van der Waals surface area contributed by atoms with Gasteiger partial charge in [-0.1, -0.05) is 6.92 Å². The Bertz CT molecular complexity index is 262. The summed E-state index contributed by atoms with van der Waals surface area (Å²) < 4.78 is 0. The van der Waals surface area contributed by atoms with E-state index in [-0.39, 0.29) is 0 Å². The molecule has 1 heterocycles. The first-order chi connectivity index (χ1) is 6.26. The molecular formula is C9H16N4. The monoisotopic (exact) mass is 180 g/mol. The third-order valence-electron chi connectivity index (χ3n) is 1.93. The second kappa shape index (κ2) is 4.67. The minimum Gasteiger partial charge on any atom is -0.382 e. The predicted octanol–water partition coefficient (Wildman–Crippen LogP) is 1.58. The Morgan fingerprint density at radius 3 is 3.00 bits per heavy atom. The van der Waals surface area contributed by atoms with Gasteiger partial charge in [-0.25, -0.2) is 10.8 Å². The number of aromatic nitrogens is 1. The highest BCUT2D eigenvalue weighted by Crippen LogP contribution is 2.12. The van der Waals surface area contributed by atoms with Gasteiger partial charge < -0.3 is 10.7 Å². The van der Waals surface area contributed by atoms with Crippen molar-refractivity contribution in [1.82, 2.24) is 4.98 Å². The van der Waals surface area contributed by atoms with Crippen LogP contribution in [0.2, 0.25) is 0 Å². The van der Waals surface area contributed by atoms with Crippen molar-refractivity contribution in [3.63, 3.8) is 0 Å². The van der Waals surface area contributed by atoms with E-state index in [9.17, 15) is 0 Å². The van der Waals surface area contributed by atoms with E-state index in [1.54, 1.807) is 6.20 Å². The van der Waals surface area contributed by atoms with Gasteiger partial charge >= 0.3 is 0 Å². The van der Waals surface area contributed by atoms with E-state index in [2.05, 4.69) is 29.6 Å². The van der Waals surface area contributed by atoms with Crippen LogP contribution in [0.4, 0.5) is 11.5 Å². The van der Waals surface area contributed by atoms with Crippen molar-refractivity contribution in [2.24, 2.45) is 5.84 Å². The fourth-order valence-electron chi connectivity index (χ4n) is 0.986. The maximum atomic E-state index is 5.24. The second-order valence-electron chi connectivity index (χ2n) is 3.03. The summed E-state index contributed by atoms with van der Waals surface area (Å²) in [6.45, 7) is 4.27. The van der Waals surface area contributed by atoms with Crippen LogP contribution in [0, 0.1) is 0 Å². The molecule has 0 saturated heterocycles. The smallest absolute Gasteiger partial charge is 0.141 e. The van der Waals surface area contributed by atoms with Gasteiger partial charge in [0.2, 0.25) is 0 Å². The number of hydrogen-bond acceptors (Lipinski definition) is 4. The predicted molar refractivity (Wildman–Crippen MR) is 55.4 cm³/mol. The molecule has 0 aliphatic heterocycles. The minimum atomic E-state index is 0.466. The van der Waals surface area contributed by atoms with Crippen LogP contribution in [0.5, 0.6) is 0 Å². The lowest BCUT2D eigenvalue weighted by Crippen LogP contribution is -2.14. The summed E-state index contributed by atoms with van der Waals surface area (Å²) in [6, 6.07) is 4.27. The van der Waals surface area contributed by atoms with Crippen molar-refractivity contribution in [3.8, 4) is 0 Å². The number of hydrazine groups is 1. The fourth-order valence-corrected chi connectivity index (χ4v) is 0.986. The molecule has 1 unspecified atom stereocenters. The Morgan fingerprint density at radius 2 is 2.38 bits per heavy atom. The number of pyridine rings is 1. The SMILES string of the molecule is CCC(C)Nc1ccnc(NN)c1. The zero-order valence-electron chi connectivity index (χ0n) is 8.04. The summed E-state index contributed by atoms with van der Waals surface area (Å²) in [4.78, 5) is 4.01. The van der Waals surface area contributed by atoms with Gasteiger partial charge in [0.25, 0.3) is 0 Å². The molecule has 0 aromatic carbocycles.